The standard InChI is InChI=1S/C15H23NO4/c1-12-4-5-13(10-14(12)19-3)11-16-15(17)6-7-20-9-8-18-2/h4-5,10H,6-9,11H2,1-3H3,(H,16,17). The maximum Gasteiger partial charge on any atom is 0.222 e. The summed E-state index contributed by atoms with van der Waals surface area (Å²) < 4.78 is 15.3. The summed E-state index contributed by atoms with van der Waals surface area (Å²) in [5.41, 5.74) is 2.09. The molecule has 5 heteroatoms. The summed E-state index contributed by atoms with van der Waals surface area (Å²) in [6.45, 7) is 3.95. The molecule has 0 unspecified atom stereocenters. The van der Waals surface area contributed by atoms with Gasteiger partial charge in [0.25, 0.3) is 0 Å². The average molecular weight is 281 g/mol. The predicted molar refractivity (Wildman–Crippen MR) is 76.9 cm³/mol. The van der Waals surface area contributed by atoms with Gasteiger partial charge >= 0.3 is 0 Å². The molecule has 0 saturated carbocycles. The Morgan fingerprint density at radius 1 is 1.20 bits per heavy atom. The molecular weight excluding hydrogens is 258 g/mol. The molecule has 112 valence electrons. The van der Waals surface area contributed by atoms with Crippen LogP contribution < -0.4 is 10.1 Å². The predicted octanol–water partition coefficient (Wildman–Crippen LogP) is 1.67. The lowest BCUT2D eigenvalue weighted by Crippen LogP contribution is -2.24. The fraction of sp³-hybridized carbons (Fsp3) is 0.533. The van der Waals surface area contributed by atoms with E-state index in [9.17, 15) is 4.79 Å². The summed E-state index contributed by atoms with van der Waals surface area (Å²) in [6, 6.07) is 5.89. The third-order valence-electron chi connectivity index (χ3n) is 2.87. The highest BCUT2D eigenvalue weighted by Crippen LogP contribution is 2.18. The molecule has 0 radical (unpaired) electrons. The normalized spacial score (nSPS) is 10.3. The molecule has 0 bridgehead atoms. The molecular formula is C15H23NO4. The Hall–Kier alpha value is -1.59. The monoisotopic (exact) mass is 281 g/mol. The molecule has 0 spiro atoms. The molecule has 0 aromatic heterocycles. The molecule has 0 aliphatic carbocycles. The van der Waals surface area contributed by atoms with Crippen LogP contribution in [0, 0.1) is 6.92 Å². The Morgan fingerprint density at radius 2 is 2.00 bits per heavy atom. The molecule has 0 saturated heterocycles. The number of nitrogens with one attached hydrogen (secondary N) is 1. The van der Waals surface area contributed by atoms with E-state index in [-0.39, 0.29) is 5.91 Å². The van der Waals surface area contributed by atoms with Gasteiger partial charge in [0.2, 0.25) is 5.91 Å². The molecule has 20 heavy (non-hydrogen) atoms. The van der Waals surface area contributed by atoms with Crippen LogP contribution in [0.2, 0.25) is 0 Å². The average Bonchev–Trinajstić information content (AvgIpc) is 2.46. The Morgan fingerprint density at radius 3 is 2.70 bits per heavy atom. The van der Waals surface area contributed by atoms with E-state index in [4.69, 9.17) is 14.2 Å². The van der Waals surface area contributed by atoms with E-state index >= 15 is 0 Å². The minimum absolute atomic E-state index is 0.0260. The van der Waals surface area contributed by atoms with Crippen molar-refractivity contribution in [2.45, 2.75) is 19.9 Å². The fourth-order valence-electron chi connectivity index (χ4n) is 1.67. The summed E-state index contributed by atoms with van der Waals surface area (Å²) in [7, 11) is 3.26. The van der Waals surface area contributed by atoms with Crippen molar-refractivity contribution in [3.8, 4) is 5.75 Å². The van der Waals surface area contributed by atoms with Crippen LogP contribution in [0.5, 0.6) is 5.75 Å². The van der Waals surface area contributed by atoms with Crippen LogP contribution >= 0.6 is 0 Å². The molecule has 1 aromatic carbocycles. The zero-order valence-electron chi connectivity index (χ0n) is 12.4. The maximum absolute atomic E-state index is 11.6. The smallest absolute Gasteiger partial charge is 0.222 e. The lowest BCUT2D eigenvalue weighted by Gasteiger charge is -2.09. The van der Waals surface area contributed by atoms with Gasteiger partial charge < -0.3 is 19.5 Å². The minimum Gasteiger partial charge on any atom is -0.496 e. The van der Waals surface area contributed by atoms with Crippen molar-refractivity contribution in [3.05, 3.63) is 29.3 Å². The second kappa shape index (κ2) is 9.34. The number of hydrogen-bond acceptors (Lipinski definition) is 4. The van der Waals surface area contributed by atoms with Crippen LogP contribution in [0.15, 0.2) is 18.2 Å². The number of ether oxygens (including phenoxy) is 3. The molecule has 5 nitrogen and oxygen atoms in total. The highest BCUT2D eigenvalue weighted by molar-refractivity contribution is 5.75. The lowest BCUT2D eigenvalue weighted by atomic mass is 10.1. The number of carbonyl (C=O) groups is 1. The van der Waals surface area contributed by atoms with Crippen LogP contribution in [0.4, 0.5) is 0 Å². The number of carbonyl (C=O) groups excluding carboxylic acids is 1. The van der Waals surface area contributed by atoms with Gasteiger partial charge in [-0.2, -0.15) is 0 Å². The third kappa shape index (κ3) is 6.04. The number of rotatable bonds is 9. The summed E-state index contributed by atoms with van der Waals surface area (Å²) in [4.78, 5) is 11.6. The van der Waals surface area contributed by atoms with Crippen LogP contribution in [0.25, 0.3) is 0 Å². The molecule has 0 atom stereocenters. The SMILES string of the molecule is COCCOCCC(=O)NCc1ccc(C)c(OC)c1. The van der Waals surface area contributed by atoms with Gasteiger partial charge in [-0.1, -0.05) is 12.1 Å². The van der Waals surface area contributed by atoms with Crippen molar-refractivity contribution in [1.82, 2.24) is 5.32 Å². The molecule has 1 rings (SSSR count). The molecule has 1 amide bonds. The highest BCUT2D eigenvalue weighted by Gasteiger charge is 2.04. The van der Waals surface area contributed by atoms with Crippen molar-refractivity contribution in [2.75, 3.05) is 34.0 Å². The van der Waals surface area contributed by atoms with E-state index in [2.05, 4.69) is 5.32 Å². The van der Waals surface area contributed by atoms with Gasteiger partial charge in [0.15, 0.2) is 0 Å². The van der Waals surface area contributed by atoms with E-state index < -0.39 is 0 Å². The van der Waals surface area contributed by atoms with Gasteiger partial charge in [-0.05, 0) is 24.1 Å². The Kier molecular flexibility index (Phi) is 7.69. The second-order valence-electron chi connectivity index (χ2n) is 4.44. The van der Waals surface area contributed by atoms with Crippen LogP contribution in [0.1, 0.15) is 17.5 Å². The van der Waals surface area contributed by atoms with E-state index in [1.807, 2.05) is 25.1 Å². The third-order valence-corrected chi connectivity index (χ3v) is 2.87. The van der Waals surface area contributed by atoms with E-state index in [0.717, 1.165) is 16.9 Å². The van der Waals surface area contributed by atoms with Crippen LogP contribution in [-0.4, -0.2) is 39.9 Å². The Balaban J connectivity index is 2.27. The van der Waals surface area contributed by atoms with E-state index in [0.29, 0.717) is 32.8 Å². The number of amides is 1. The summed E-state index contributed by atoms with van der Waals surface area (Å²) in [5, 5.41) is 2.85. The summed E-state index contributed by atoms with van der Waals surface area (Å²) in [5.74, 6) is 0.807. The first kappa shape index (κ1) is 16.5. The number of hydrogen-bond donors (Lipinski definition) is 1. The van der Waals surface area contributed by atoms with Crippen LogP contribution in [0.3, 0.4) is 0 Å². The molecule has 0 aliphatic heterocycles. The van der Waals surface area contributed by atoms with Gasteiger partial charge in [-0.3, -0.25) is 4.79 Å². The largest absolute Gasteiger partial charge is 0.496 e. The fourth-order valence-corrected chi connectivity index (χ4v) is 1.67. The van der Waals surface area contributed by atoms with Gasteiger partial charge in [-0.25, -0.2) is 0 Å². The first-order chi connectivity index (χ1) is 9.67. The first-order valence-electron chi connectivity index (χ1n) is 6.64. The highest BCUT2D eigenvalue weighted by atomic mass is 16.5. The lowest BCUT2D eigenvalue weighted by molar-refractivity contribution is -0.122. The van der Waals surface area contributed by atoms with Crippen molar-refractivity contribution in [3.63, 3.8) is 0 Å². The number of methoxy groups -OCH3 is 2. The topological polar surface area (TPSA) is 56.8 Å². The first-order valence-corrected chi connectivity index (χ1v) is 6.64. The van der Waals surface area contributed by atoms with E-state index in [1.54, 1.807) is 14.2 Å². The minimum atomic E-state index is -0.0260. The van der Waals surface area contributed by atoms with Crippen molar-refractivity contribution >= 4 is 5.91 Å². The quantitative estimate of drug-likeness (QED) is 0.700. The second-order valence-corrected chi connectivity index (χ2v) is 4.44. The van der Waals surface area contributed by atoms with Crippen LogP contribution in [-0.2, 0) is 20.8 Å². The number of benzene rings is 1. The maximum atomic E-state index is 11.6. The van der Waals surface area contributed by atoms with Gasteiger partial charge in [-0.15, -0.1) is 0 Å². The molecule has 0 aliphatic rings. The van der Waals surface area contributed by atoms with Crippen molar-refractivity contribution in [1.29, 1.82) is 0 Å². The Bertz CT molecular complexity index is 420. The van der Waals surface area contributed by atoms with Crippen molar-refractivity contribution < 1.29 is 19.0 Å². The Labute approximate surface area is 120 Å². The molecule has 0 fully saturated rings. The zero-order chi connectivity index (χ0) is 14.8. The zero-order valence-corrected chi connectivity index (χ0v) is 12.4. The van der Waals surface area contributed by atoms with Crippen molar-refractivity contribution in [2.24, 2.45) is 0 Å². The molecule has 0 heterocycles. The van der Waals surface area contributed by atoms with Gasteiger partial charge in [0, 0.05) is 20.1 Å². The van der Waals surface area contributed by atoms with Gasteiger partial charge in [0.1, 0.15) is 5.75 Å². The summed E-state index contributed by atoms with van der Waals surface area (Å²) in [6.07, 6.45) is 0.354. The van der Waals surface area contributed by atoms with E-state index in [1.165, 1.54) is 0 Å². The number of aryl methyl sites for hydroxylation is 1. The molecule has 1 aromatic rings. The molecule has 1 N–H and O–H groups in total. The van der Waals surface area contributed by atoms with Gasteiger partial charge in [0.05, 0.1) is 26.9 Å². The summed E-state index contributed by atoms with van der Waals surface area (Å²) >= 11 is 0.